The number of rotatable bonds is 3. The zero-order valence-electron chi connectivity index (χ0n) is 17.1. The molecule has 0 saturated carbocycles. The van der Waals surface area contributed by atoms with E-state index in [-0.39, 0.29) is 34.0 Å². The van der Waals surface area contributed by atoms with Gasteiger partial charge in [0.05, 0.1) is 11.8 Å². The summed E-state index contributed by atoms with van der Waals surface area (Å²) in [6, 6.07) is 7.83. The molecule has 154 valence electrons. The lowest BCUT2D eigenvalue weighted by Gasteiger charge is -2.28. The third kappa shape index (κ3) is 3.41. The highest BCUT2D eigenvalue weighted by atomic mass is 16.5. The SMILES string of the molecule is CC(C)=COc1c(-c2ccc(O)cc2)oc2cc3c(c(O)c2c1=O)C=CC(C)(C)O3. The maximum absolute atomic E-state index is 13.3. The van der Waals surface area contributed by atoms with Crippen molar-refractivity contribution in [2.24, 2.45) is 0 Å². The molecule has 0 radical (unpaired) electrons. The van der Waals surface area contributed by atoms with Crippen LogP contribution in [0.3, 0.4) is 0 Å². The van der Waals surface area contributed by atoms with Crippen molar-refractivity contribution < 1.29 is 24.1 Å². The first-order valence-corrected chi connectivity index (χ1v) is 9.51. The van der Waals surface area contributed by atoms with E-state index in [0.29, 0.717) is 16.9 Å². The number of benzene rings is 2. The summed E-state index contributed by atoms with van der Waals surface area (Å²) in [5.41, 5.74) is 0.923. The molecule has 1 aromatic heterocycles. The minimum atomic E-state index is -0.556. The van der Waals surface area contributed by atoms with Crippen LogP contribution in [0.4, 0.5) is 0 Å². The molecule has 0 amide bonds. The van der Waals surface area contributed by atoms with Crippen LogP contribution in [-0.2, 0) is 0 Å². The van der Waals surface area contributed by atoms with Gasteiger partial charge in [-0.1, -0.05) is 0 Å². The topological polar surface area (TPSA) is 89.1 Å². The Morgan fingerprint density at radius 1 is 1.13 bits per heavy atom. The van der Waals surface area contributed by atoms with Crippen molar-refractivity contribution in [2.45, 2.75) is 33.3 Å². The van der Waals surface area contributed by atoms with Crippen LogP contribution in [0.2, 0.25) is 0 Å². The Balaban J connectivity index is 2.04. The van der Waals surface area contributed by atoms with Crippen molar-refractivity contribution in [1.29, 1.82) is 0 Å². The van der Waals surface area contributed by atoms with Crippen LogP contribution in [0, 0.1) is 0 Å². The largest absolute Gasteiger partial charge is 0.508 e. The van der Waals surface area contributed by atoms with Gasteiger partial charge in [0.25, 0.3) is 0 Å². The molecule has 6 nitrogen and oxygen atoms in total. The summed E-state index contributed by atoms with van der Waals surface area (Å²) in [5, 5.41) is 20.5. The normalized spacial score (nSPS) is 14.1. The quantitative estimate of drug-likeness (QED) is 0.570. The predicted molar refractivity (Wildman–Crippen MR) is 115 cm³/mol. The van der Waals surface area contributed by atoms with Gasteiger partial charge in [-0.2, -0.15) is 0 Å². The molecule has 6 heteroatoms. The fourth-order valence-electron chi connectivity index (χ4n) is 3.24. The highest BCUT2D eigenvalue weighted by molar-refractivity contribution is 5.93. The number of aromatic hydroxyl groups is 2. The molecule has 0 saturated heterocycles. The Kier molecular flexibility index (Phi) is 4.57. The molecule has 2 aromatic carbocycles. The number of fused-ring (bicyclic) bond motifs is 2. The minimum Gasteiger partial charge on any atom is -0.508 e. The molecule has 0 unspecified atom stereocenters. The molecule has 1 aliphatic heterocycles. The first-order chi connectivity index (χ1) is 14.2. The van der Waals surface area contributed by atoms with E-state index in [4.69, 9.17) is 13.9 Å². The van der Waals surface area contributed by atoms with E-state index in [0.717, 1.165) is 5.57 Å². The van der Waals surface area contributed by atoms with Crippen LogP contribution in [0.1, 0.15) is 33.3 Å². The van der Waals surface area contributed by atoms with Crippen molar-refractivity contribution in [3.8, 4) is 34.3 Å². The van der Waals surface area contributed by atoms with E-state index in [9.17, 15) is 15.0 Å². The van der Waals surface area contributed by atoms with Crippen molar-refractivity contribution in [1.82, 2.24) is 0 Å². The predicted octanol–water partition coefficient (Wildman–Crippen LogP) is 5.36. The number of phenolic OH excluding ortho intramolecular Hbond substituents is 2. The number of hydrogen-bond acceptors (Lipinski definition) is 6. The third-order valence-electron chi connectivity index (χ3n) is 4.68. The summed E-state index contributed by atoms with van der Waals surface area (Å²) in [7, 11) is 0. The van der Waals surface area contributed by atoms with Gasteiger partial charge >= 0.3 is 0 Å². The Labute approximate surface area is 173 Å². The van der Waals surface area contributed by atoms with Crippen LogP contribution in [-0.4, -0.2) is 15.8 Å². The van der Waals surface area contributed by atoms with E-state index < -0.39 is 11.0 Å². The number of ether oxygens (including phenoxy) is 2. The highest BCUT2D eigenvalue weighted by Crippen LogP contribution is 2.43. The first-order valence-electron chi connectivity index (χ1n) is 9.51. The van der Waals surface area contributed by atoms with E-state index in [1.807, 2.05) is 33.8 Å². The summed E-state index contributed by atoms with van der Waals surface area (Å²) in [4.78, 5) is 13.3. The summed E-state index contributed by atoms with van der Waals surface area (Å²) in [6.07, 6.45) is 4.99. The molecule has 0 fully saturated rings. The summed E-state index contributed by atoms with van der Waals surface area (Å²) < 4.78 is 17.6. The van der Waals surface area contributed by atoms with E-state index in [2.05, 4.69) is 0 Å². The Hall–Kier alpha value is -3.67. The molecule has 30 heavy (non-hydrogen) atoms. The van der Waals surface area contributed by atoms with Crippen LogP contribution >= 0.6 is 0 Å². The van der Waals surface area contributed by atoms with Crippen molar-refractivity contribution in [3.63, 3.8) is 0 Å². The zero-order valence-corrected chi connectivity index (χ0v) is 17.1. The fraction of sp³-hybridized carbons (Fsp3) is 0.208. The van der Waals surface area contributed by atoms with Gasteiger partial charge in [-0.25, -0.2) is 0 Å². The van der Waals surface area contributed by atoms with Gasteiger partial charge in [0, 0.05) is 11.6 Å². The van der Waals surface area contributed by atoms with Crippen molar-refractivity contribution in [2.75, 3.05) is 0 Å². The second-order valence-electron chi connectivity index (χ2n) is 8.00. The fourth-order valence-corrected chi connectivity index (χ4v) is 3.24. The van der Waals surface area contributed by atoms with E-state index >= 15 is 0 Å². The number of allylic oxidation sites excluding steroid dienone is 1. The smallest absolute Gasteiger partial charge is 0.239 e. The molecular weight excluding hydrogens is 384 g/mol. The minimum absolute atomic E-state index is 0.0152. The van der Waals surface area contributed by atoms with E-state index in [1.165, 1.54) is 18.4 Å². The average molecular weight is 406 g/mol. The zero-order chi connectivity index (χ0) is 21.6. The van der Waals surface area contributed by atoms with E-state index in [1.54, 1.807) is 24.3 Å². The summed E-state index contributed by atoms with van der Waals surface area (Å²) in [5.74, 6) is 0.427. The van der Waals surface area contributed by atoms with Gasteiger partial charge < -0.3 is 24.1 Å². The third-order valence-corrected chi connectivity index (χ3v) is 4.68. The molecule has 0 aliphatic carbocycles. The Morgan fingerprint density at radius 2 is 1.83 bits per heavy atom. The molecule has 0 atom stereocenters. The standard InChI is InChI=1S/C24H22O6/c1-13(2)12-28-23-21(27)19-18(29-22(23)14-5-7-15(25)8-6-14)11-17-16(20(19)26)9-10-24(3,4)30-17/h5-12,25-26H,1-4H3. The Bertz CT molecular complexity index is 1260. The maximum atomic E-state index is 13.3. The Morgan fingerprint density at radius 3 is 2.50 bits per heavy atom. The van der Waals surface area contributed by atoms with Gasteiger partial charge in [0.15, 0.2) is 5.76 Å². The van der Waals surface area contributed by atoms with Crippen molar-refractivity contribution >= 4 is 17.0 Å². The monoisotopic (exact) mass is 406 g/mol. The lowest BCUT2D eigenvalue weighted by atomic mass is 9.99. The van der Waals surface area contributed by atoms with Crippen molar-refractivity contribution in [3.05, 3.63) is 64.0 Å². The summed E-state index contributed by atoms with van der Waals surface area (Å²) >= 11 is 0. The van der Waals surface area contributed by atoms with Crippen LogP contribution < -0.4 is 14.9 Å². The highest BCUT2D eigenvalue weighted by Gasteiger charge is 2.28. The van der Waals surface area contributed by atoms with Gasteiger partial charge in [-0.05, 0) is 69.7 Å². The number of phenols is 2. The molecule has 2 N–H and O–H groups in total. The molecule has 0 bridgehead atoms. The lowest BCUT2D eigenvalue weighted by molar-refractivity contribution is 0.158. The molecule has 1 aliphatic rings. The molecular formula is C24H22O6. The van der Waals surface area contributed by atoms with Gasteiger partial charge in [-0.15, -0.1) is 0 Å². The first kappa shape index (κ1) is 19.6. The maximum Gasteiger partial charge on any atom is 0.239 e. The van der Waals surface area contributed by atoms with Gasteiger partial charge in [-0.3, -0.25) is 4.79 Å². The summed E-state index contributed by atoms with van der Waals surface area (Å²) in [6.45, 7) is 7.45. The second kappa shape index (κ2) is 6.99. The lowest BCUT2D eigenvalue weighted by Crippen LogP contribution is -2.27. The number of hydrogen-bond donors (Lipinski definition) is 2. The molecule has 0 spiro atoms. The average Bonchev–Trinajstić information content (AvgIpc) is 2.66. The molecule has 2 heterocycles. The van der Waals surface area contributed by atoms with Gasteiger partial charge in [0.1, 0.15) is 33.8 Å². The van der Waals surface area contributed by atoms with Crippen LogP contribution in [0.25, 0.3) is 28.4 Å². The van der Waals surface area contributed by atoms with Crippen LogP contribution in [0.5, 0.6) is 23.0 Å². The second-order valence-corrected chi connectivity index (χ2v) is 8.00. The van der Waals surface area contributed by atoms with Gasteiger partial charge in [0.2, 0.25) is 11.2 Å². The molecule has 3 aromatic rings. The van der Waals surface area contributed by atoms with Crippen LogP contribution in [0.15, 0.2) is 57.5 Å². The molecule has 4 rings (SSSR count).